The van der Waals surface area contributed by atoms with Crippen molar-refractivity contribution in [2.75, 3.05) is 34.3 Å². The lowest BCUT2D eigenvalue weighted by molar-refractivity contribution is -0.145. The molecule has 1 atom stereocenters. The lowest BCUT2D eigenvalue weighted by Crippen LogP contribution is -2.47. The van der Waals surface area contributed by atoms with E-state index >= 15 is 0 Å². The van der Waals surface area contributed by atoms with Crippen molar-refractivity contribution in [2.45, 2.75) is 25.3 Å². The Balaban J connectivity index is 2.31. The first-order valence-electron chi connectivity index (χ1n) is 5.61. The van der Waals surface area contributed by atoms with Crippen LogP contribution in [0.4, 0.5) is 0 Å². The molecule has 1 N–H and O–H groups in total. The van der Waals surface area contributed by atoms with Crippen molar-refractivity contribution in [1.82, 2.24) is 10.2 Å². The Morgan fingerprint density at radius 3 is 2.60 bits per heavy atom. The third kappa shape index (κ3) is 3.80. The van der Waals surface area contributed by atoms with Gasteiger partial charge in [0, 0.05) is 13.1 Å². The summed E-state index contributed by atoms with van der Waals surface area (Å²) in [6.07, 6.45) is 3.54. The second-order valence-corrected chi connectivity index (χ2v) is 4.45. The lowest BCUT2D eigenvalue weighted by atomic mass is 9.79. The van der Waals surface area contributed by atoms with Gasteiger partial charge in [0.15, 0.2) is 0 Å². The average molecular weight is 214 g/mol. The molecule has 1 aliphatic carbocycles. The van der Waals surface area contributed by atoms with Gasteiger partial charge in [-0.3, -0.25) is 4.79 Å². The third-order valence-corrected chi connectivity index (χ3v) is 3.00. The van der Waals surface area contributed by atoms with E-state index in [9.17, 15) is 4.79 Å². The summed E-state index contributed by atoms with van der Waals surface area (Å²) in [6.45, 7) is 1.78. The molecular weight excluding hydrogens is 192 g/mol. The van der Waals surface area contributed by atoms with Gasteiger partial charge < -0.3 is 15.0 Å². The van der Waals surface area contributed by atoms with Gasteiger partial charge in [0.2, 0.25) is 0 Å². The molecule has 0 aliphatic heterocycles. The maximum atomic E-state index is 11.5. The lowest BCUT2D eigenvalue weighted by Gasteiger charge is -2.32. The van der Waals surface area contributed by atoms with Crippen LogP contribution in [0.1, 0.15) is 19.3 Å². The Labute approximate surface area is 92.0 Å². The van der Waals surface area contributed by atoms with Crippen LogP contribution in [0.15, 0.2) is 0 Å². The first-order valence-corrected chi connectivity index (χ1v) is 5.61. The van der Waals surface area contributed by atoms with Crippen LogP contribution in [0.2, 0.25) is 0 Å². The highest BCUT2D eigenvalue weighted by Crippen LogP contribution is 2.29. The quantitative estimate of drug-likeness (QED) is 0.653. The van der Waals surface area contributed by atoms with E-state index in [1.807, 2.05) is 14.1 Å². The van der Waals surface area contributed by atoms with Gasteiger partial charge in [-0.2, -0.15) is 0 Å². The zero-order chi connectivity index (χ0) is 11.3. The minimum atomic E-state index is -0.113. The molecule has 0 aromatic rings. The molecule has 0 saturated heterocycles. The monoisotopic (exact) mass is 214 g/mol. The van der Waals surface area contributed by atoms with Crippen LogP contribution in [0.5, 0.6) is 0 Å². The molecule has 0 spiro atoms. The van der Waals surface area contributed by atoms with Gasteiger partial charge in [-0.05, 0) is 32.9 Å². The first kappa shape index (κ1) is 12.5. The predicted molar refractivity (Wildman–Crippen MR) is 59.7 cm³/mol. The van der Waals surface area contributed by atoms with Crippen LogP contribution in [0.25, 0.3) is 0 Å². The number of likely N-dealkylation sites (N-methyl/N-ethyl adjacent to an activating group) is 1. The van der Waals surface area contributed by atoms with E-state index in [1.54, 1.807) is 0 Å². The molecule has 4 heteroatoms. The highest BCUT2D eigenvalue weighted by atomic mass is 16.5. The molecule has 0 bridgehead atoms. The van der Waals surface area contributed by atoms with Crippen LogP contribution >= 0.6 is 0 Å². The van der Waals surface area contributed by atoms with Gasteiger partial charge in [0.05, 0.1) is 7.11 Å². The molecule has 4 nitrogen and oxygen atoms in total. The Kier molecular flexibility index (Phi) is 5.05. The standard InChI is InChI=1S/C11H22N2O2/c1-13(2)8-7-12-10(11(14)15-3)9-5-4-6-9/h9-10,12H,4-8H2,1-3H3. The van der Waals surface area contributed by atoms with Crippen molar-refractivity contribution < 1.29 is 9.53 Å². The summed E-state index contributed by atoms with van der Waals surface area (Å²) in [5.41, 5.74) is 0. The van der Waals surface area contributed by atoms with Gasteiger partial charge >= 0.3 is 5.97 Å². The van der Waals surface area contributed by atoms with Crippen molar-refractivity contribution in [3.05, 3.63) is 0 Å². The molecule has 1 unspecified atom stereocenters. The fourth-order valence-electron chi connectivity index (χ4n) is 1.79. The summed E-state index contributed by atoms with van der Waals surface area (Å²) >= 11 is 0. The zero-order valence-corrected chi connectivity index (χ0v) is 9.95. The highest BCUT2D eigenvalue weighted by Gasteiger charge is 2.32. The van der Waals surface area contributed by atoms with Crippen LogP contribution in [0.3, 0.4) is 0 Å². The van der Waals surface area contributed by atoms with E-state index in [0.717, 1.165) is 25.9 Å². The smallest absolute Gasteiger partial charge is 0.323 e. The van der Waals surface area contributed by atoms with Crippen LogP contribution in [-0.2, 0) is 9.53 Å². The Hall–Kier alpha value is -0.610. The molecule has 15 heavy (non-hydrogen) atoms. The van der Waals surface area contributed by atoms with Crippen molar-refractivity contribution in [3.8, 4) is 0 Å². The van der Waals surface area contributed by atoms with Gasteiger partial charge in [0.25, 0.3) is 0 Å². The van der Waals surface area contributed by atoms with Gasteiger partial charge in [0.1, 0.15) is 6.04 Å². The third-order valence-electron chi connectivity index (χ3n) is 3.00. The molecule has 0 aromatic carbocycles. The Morgan fingerprint density at radius 1 is 1.53 bits per heavy atom. The summed E-state index contributed by atoms with van der Waals surface area (Å²) in [6, 6.07) is -0.0938. The maximum absolute atomic E-state index is 11.5. The second kappa shape index (κ2) is 6.08. The van der Waals surface area contributed by atoms with E-state index < -0.39 is 0 Å². The average Bonchev–Trinajstić information content (AvgIpc) is 2.11. The Bertz CT molecular complexity index is 203. The van der Waals surface area contributed by atoms with Crippen LogP contribution in [0, 0.1) is 5.92 Å². The topological polar surface area (TPSA) is 41.6 Å². The number of methoxy groups -OCH3 is 1. The number of carbonyl (C=O) groups is 1. The van der Waals surface area contributed by atoms with Crippen LogP contribution in [-0.4, -0.2) is 51.2 Å². The number of ether oxygens (including phenoxy) is 1. The minimum absolute atomic E-state index is 0.0938. The molecule has 88 valence electrons. The largest absolute Gasteiger partial charge is 0.468 e. The van der Waals surface area contributed by atoms with Gasteiger partial charge in [-0.15, -0.1) is 0 Å². The first-order chi connectivity index (χ1) is 7.15. The minimum Gasteiger partial charge on any atom is -0.468 e. The SMILES string of the molecule is COC(=O)C(NCCN(C)C)C1CCC1. The number of rotatable bonds is 6. The second-order valence-electron chi connectivity index (χ2n) is 4.45. The molecule has 0 heterocycles. The molecule has 0 radical (unpaired) electrons. The van der Waals surface area contributed by atoms with Crippen molar-refractivity contribution in [3.63, 3.8) is 0 Å². The molecule has 0 amide bonds. The molecular formula is C11H22N2O2. The summed E-state index contributed by atoms with van der Waals surface area (Å²) < 4.78 is 4.81. The molecule has 1 rings (SSSR count). The van der Waals surface area contributed by atoms with Gasteiger partial charge in [-0.25, -0.2) is 0 Å². The number of hydrogen-bond donors (Lipinski definition) is 1. The van der Waals surface area contributed by atoms with Crippen molar-refractivity contribution in [1.29, 1.82) is 0 Å². The number of esters is 1. The van der Waals surface area contributed by atoms with Crippen molar-refractivity contribution in [2.24, 2.45) is 5.92 Å². The summed E-state index contributed by atoms with van der Waals surface area (Å²) in [5.74, 6) is 0.373. The van der Waals surface area contributed by atoms with Crippen molar-refractivity contribution >= 4 is 5.97 Å². The van der Waals surface area contributed by atoms with E-state index in [1.165, 1.54) is 13.5 Å². The van der Waals surface area contributed by atoms with E-state index in [4.69, 9.17) is 4.74 Å². The van der Waals surface area contributed by atoms with Gasteiger partial charge in [-0.1, -0.05) is 6.42 Å². The molecule has 1 aliphatic rings. The summed E-state index contributed by atoms with van der Waals surface area (Å²) in [4.78, 5) is 13.6. The molecule has 1 saturated carbocycles. The van der Waals surface area contributed by atoms with Crippen LogP contribution < -0.4 is 5.32 Å². The Morgan fingerprint density at radius 2 is 2.20 bits per heavy atom. The van der Waals surface area contributed by atoms with E-state index in [-0.39, 0.29) is 12.0 Å². The fourth-order valence-corrected chi connectivity index (χ4v) is 1.79. The van der Waals surface area contributed by atoms with E-state index in [2.05, 4.69) is 10.2 Å². The fraction of sp³-hybridized carbons (Fsp3) is 0.909. The predicted octanol–water partition coefficient (Wildman–Crippen LogP) is 0.479. The number of nitrogens with one attached hydrogen (secondary N) is 1. The number of carbonyl (C=O) groups excluding carboxylic acids is 1. The summed E-state index contributed by atoms with van der Waals surface area (Å²) in [7, 11) is 5.51. The summed E-state index contributed by atoms with van der Waals surface area (Å²) in [5, 5.41) is 3.29. The normalized spacial score (nSPS) is 18.7. The number of nitrogens with zero attached hydrogens (tertiary/aromatic N) is 1. The molecule has 0 aromatic heterocycles. The zero-order valence-electron chi connectivity index (χ0n) is 9.95. The number of hydrogen-bond acceptors (Lipinski definition) is 4. The highest BCUT2D eigenvalue weighted by molar-refractivity contribution is 5.76. The van der Waals surface area contributed by atoms with E-state index in [0.29, 0.717) is 5.92 Å². The molecule has 1 fully saturated rings. The maximum Gasteiger partial charge on any atom is 0.323 e.